The highest BCUT2D eigenvalue weighted by Gasteiger charge is 2.45. The van der Waals surface area contributed by atoms with Gasteiger partial charge in [0, 0.05) is 17.0 Å². The zero-order chi connectivity index (χ0) is 19.0. The van der Waals surface area contributed by atoms with Crippen LogP contribution in [0.3, 0.4) is 0 Å². The van der Waals surface area contributed by atoms with E-state index in [0.29, 0.717) is 11.6 Å². The molecule has 0 atom stereocenters. The first-order valence-electron chi connectivity index (χ1n) is 8.53. The number of nitrogens with zero attached hydrogens (tertiary/aromatic N) is 3. The second-order valence-electron chi connectivity index (χ2n) is 6.86. The summed E-state index contributed by atoms with van der Waals surface area (Å²) in [5.74, 6) is -1.10. The van der Waals surface area contributed by atoms with Gasteiger partial charge in [0.25, 0.3) is 0 Å². The van der Waals surface area contributed by atoms with Crippen molar-refractivity contribution in [3.8, 4) is 10.6 Å². The molecule has 26 heavy (non-hydrogen) atoms. The number of urea groups is 1. The Bertz CT molecular complexity index is 855. The van der Waals surface area contributed by atoms with Crippen LogP contribution in [0.25, 0.3) is 10.6 Å². The molecule has 0 bridgehead atoms. The van der Waals surface area contributed by atoms with Gasteiger partial charge in [-0.05, 0) is 25.3 Å². The number of carbonyl (C=O) groups is 3. The van der Waals surface area contributed by atoms with Gasteiger partial charge in [0.05, 0.1) is 12.2 Å². The lowest BCUT2D eigenvalue weighted by atomic mass is 10.0. The minimum atomic E-state index is -0.792. The fourth-order valence-corrected chi connectivity index (χ4v) is 3.62. The number of imide groups is 2. The van der Waals surface area contributed by atoms with Gasteiger partial charge in [-0.1, -0.05) is 38.1 Å². The minimum absolute atomic E-state index is 0.00715. The number of hydrogen-bond donors (Lipinski definition) is 0. The van der Waals surface area contributed by atoms with E-state index in [1.54, 1.807) is 13.8 Å². The smallest absolute Gasteiger partial charge is 0.263 e. The van der Waals surface area contributed by atoms with E-state index < -0.39 is 17.8 Å². The Labute approximate surface area is 156 Å². The predicted molar refractivity (Wildman–Crippen MR) is 99.6 cm³/mol. The van der Waals surface area contributed by atoms with Crippen molar-refractivity contribution in [3.63, 3.8) is 0 Å². The van der Waals surface area contributed by atoms with Crippen molar-refractivity contribution in [3.05, 3.63) is 40.9 Å². The number of rotatable bonds is 5. The van der Waals surface area contributed by atoms with Crippen molar-refractivity contribution in [1.29, 1.82) is 0 Å². The highest BCUT2D eigenvalue weighted by Crippen LogP contribution is 2.27. The van der Waals surface area contributed by atoms with E-state index in [-0.39, 0.29) is 12.6 Å². The number of hydrogen-bond acceptors (Lipinski definition) is 5. The molecule has 4 amide bonds. The van der Waals surface area contributed by atoms with Crippen molar-refractivity contribution in [2.45, 2.75) is 46.2 Å². The molecule has 7 heteroatoms. The molecule has 1 aromatic heterocycles. The summed E-state index contributed by atoms with van der Waals surface area (Å²) in [6.45, 7) is 7.69. The maximum Gasteiger partial charge on any atom is 0.334 e. The molecule has 3 rings (SSSR count). The lowest BCUT2D eigenvalue weighted by Crippen LogP contribution is -2.37. The Morgan fingerprint density at radius 2 is 1.65 bits per heavy atom. The highest BCUT2D eigenvalue weighted by molar-refractivity contribution is 7.13. The number of carbonyl (C=O) groups excluding carboxylic acids is 3. The third-order valence-electron chi connectivity index (χ3n) is 4.30. The van der Waals surface area contributed by atoms with E-state index in [9.17, 15) is 14.4 Å². The van der Waals surface area contributed by atoms with Crippen LogP contribution in [0, 0.1) is 0 Å². The summed E-state index contributed by atoms with van der Waals surface area (Å²) in [6.07, 6.45) is 0. The topological polar surface area (TPSA) is 70.6 Å². The van der Waals surface area contributed by atoms with Gasteiger partial charge in [-0.2, -0.15) is 0 Å². The zero-order valence-corrected chi connectivity index (χ0v) is 16.0. The lowest BCUT2D eigenvalue weighted by molar-refractivity contribution is -0.144. The van der Waals surface area contributed by atoms with Crippen molar-refractivity contribution in [2.24, 2.45) is 0 Å². The molecule has 2 aromatic rings. The third-order valence-corrected chi connectivity index (χ3v) is 5.24. The summed E-state index contributed by atoms with van der Waals surface area (Å²) >= 11 is 1.45. The van der Waals surface area contributed by atoms with Crippen LogP contribution >= 0.6 is 11.3 Å². The van der Waals surface area contributed by atoms with Gasteiger partial charge in [-0.15, -0.1) is 11.3 Å². The standard InChI is InChI=1S/C19H21N3O3S/c1-11(2)13-5-7-14(8-6-13)16-20-15(10-26-16)9-21-17(23)18(24)22(12(3)4)19(21)25/h5-8,10-12H,9H2,1-4H3. The Hall–Kier alpha value is -2.54. The van der Waals surface area contributed by atoms with Crippen LogP contribution in [-0.2, 0) is 16.1 Å². The SMILES string of the molecule is CC(C)c1ccc(-c2nc(CN3C(=O)C(=O)N(C(C)C)C3=O)cs2)cc1. The molecule has 1 saturated heterocycles. The summed E-state index contributed by atoms with van der Waals surface area (Å²) in [7, 11) is 0. The molecular weight excluding hydrogens is 350 g/mol. The molecule has 1 aliphatic rings. The highest BCUT2D eigenvalue weighted by atomic mass is 32.1. The molecule has 1 fully saturated rings. The van der Waals surface area contributed by atoms with E-state index in [1.807, 2.05) is 17.5 Å². The second-order valence-corrected chi connectivity index (χ2v) is 7.72. The normalized spacial score (nSPS) is 15.1. The first-order chi connectivity index (χ1) is 12.3. The lowest BCUT2D eigenvalue weighted by Gasteiger charge is -2.17. The van der Waals surface area contributed by atoms with Crippen LogP contribution in [0.2, 0.25) is 0 Å². The molecule has 0 aliphatic carbocycles. The molecule has 0 radical (unpaired) electrons. The molecule has 0 spiro atoms. The third kappa shape index (κ3) is 3.26. The van der Waals surface area contributed by atoms with Gasteiger partial charge in [0.1, 0.15) is 5.01 Å². The van der Waals surface area contributed by atoms with Crippen molar-refractivity contribution in [1.82, 2.24) is 14.8 Å². The minimum Gasteiger partial charge on any atom is -0.263 e. The summed E-state index contributed by atoms with van der Waals surface area (Å²) in [5, 5.41) is 2.64. The van der Waals surface area contributed by atoms with Crippen molar-refractivity contribution < 1.29 is 14.4 Å². The number of aromatic nitrogens is 1. The number of thiazole rings is 1. The first kappa shape index (κ1) is 18.3. The molecular formula is C19H21N3O3S. The van der Waals surface area contributed by atoms with E-state index in [2.05, 4.69) is 31.0 Å². The predicted octanol–water partition coefficient (Wildman–Crippen LogP) is 3.63. The summed E-state index contributed by atoms with van der Waals surface area (Å²) in [6, 6.07) is 7.27. The molecule has 2 heterocycles. The quantitative estimate of drug-likeness (QED) is 0.594. The van der Waals surface area contributed by atoms with E-state index in [4.69, 9.17) is 0 Å². The Kier molecular flexibility index (Phi) is 4.91. The largest absolute Gasteiger partial charge is 0.334 e. The average molecular weight is 371 g/mol. The van der Waals surface area contributed by atoms with Gasteiger partial charge in [0.2, 0.25) is 0 Å². The molecule has 1 aliphatic heterocycles. The summed E-state index contributed by atoms with van der Waals surface area (Å²) in [5.41, 5.74) is 2.84. The summed E-state index contributed by atoms with van der Waals surface area (Å²) in [4.78, 5) is 42.9. The van der Waals surface area contributed by atoms with E-state index in [1.165, 1.54) is 16.9 Å². The van der Waals surface area contributed by atoms with Gasteiger partial charge < -0.3 is 0 Å². The van der Waals surface area contributed by atoms with Crippen LogP contribution in [0.1, 0.15) is 44.9 Å². The molecule has 0 saturated carbocycles. The van der Waals surface area contributed by atoms with Gasteiger partial charge in [-0.3, -0.25) is 14.5 Å². The fourth-order valence-electron chi connectivity index (χ4n) is 2.80. The van der Waals surface area contributed by atoms with Crippen LogP contribution in [0.5, 0.6) is 0 Å². The Morgan fingerprint density at radius 3 is 2.19 bits per heavy atom. The molecule has 136 valence electrons. The molecule has 1 aromatic carbocycles. The Balaban J connectivity index is 1.77. The van der Waals surface area contributed by atoms with Crippen molar-refractivity contribution in [2.75, 3.05) is 0 Å². The van der Waals surface area contributed by atoms with Gasteiger partial charge in [0.15, 0.2) is 0 Å². The van der Waals surface area contributed by atoms with E-state index >= 15 is 0 Å². The monoisotopic (exact) mass is 371 g/mol. The second kappa shape index (κ2) is 6.99. The number of amides is 4. The van der Waals surface area contributed by atoms with Gasteiger partial charge in [-0.25, -0.2) is 14.7 Å². The molecule has 0 unspecified atom stereocenters. The average Bonchev–Trinajstić information content (AvgIpc) is 3.14. The van der Waals surface area contributed by atoms with Crippen LogP contribution in [-0.4, -0.2) is 38.7 Å². The van der Waals surface area contributed by atoms with Crippen LogP contribution in [0.4, 0.5) is 4.79 Å². The van der Waals surface area contributed by atoms with Crippen LogP contribution in [0.15, 0.2) is 29.6 Å². The number of benzene rings is 1. The molecule has 6 nitrogen and oxygen atoms in total. The Morgan fingerprint density at radius 1 is 1.00 bits per heavy atom. The van der Waals surface area contributed by atoms with E-state index in [0.717, 1.165) is 20.4 Å². The van der Waals surface area contributed by atoms with Crippen LogP contribution < -0.4 is 0 Å². The van der Waals surface area contributed by atoms with Gasteiger partial charge >= 0.3 is 17.8 Å². The summed E-state index contributed by atoms with van der Waals surface area (Å²) < 4.78 is 0. The first-order valence-corrected chi connectivity index (χ1v) is 9.41. The molecule has 0 N–H and O–H groups in total. The maximum atomic E-state index is 12.3. The van der Waals surface area contributed by atoms with Crippen molar-refractivity contribution >= 4 is 29.2 Å². The maximum absolute atomic E-state index is 12.3. The fraction of sp³-hybridized carbons (Fsp3) is 0.368. The zero-order valence-electron chi connectivity index (χ0n) is 15.2.